The zero-order chi connectivity index (χ0) is 13.9. The van der Waals surface area contributed by atoms with Gasteiger partial charge in [-0.1, -0.05) is 69.4 Å². The first-order valence-electron chi connectivity index (χ1n) is 7.47. The number of rotatable bonds is 9. The van der Waals surface area contributed by atoms with Crippen LogP contribution in [0.15, 0.2) is 30.3 Å². The van der Waals surface area contributed by atoms with Crippen LogP contribution in [0, 0.1) is 0 Å². The Kier molecular flexibility index (Phi) is 7.95. The number of carbonyl (C=O) groups excluding carboxylic acids is 1. The van der Waals surface area contributed by atoms with Crippen LogP contribution in [0.3, 0.4) is 0 Å². The minimum absolute atomic E-state index is 0.111. The maximum atomic E-state index is 11.9. The molecule has 0 bridgehead atoms. The highest BCUT2D eigenvalue weighted by molar-refractivity contribution is 5.77. The van der Waals surface area contributed by atoms with Crippen molar-refractivity contribution in [2.45, 2.75) is 58.3 Å². The van der Waals surface area contributed by atoms with Crippen LogP contribution < -0.4 is 0 Å². The smallest absolute Gasteiger partial charge is 0.313 e. The van der Waals surface area contributed by atoms with E-state index in [0.717, 1.165) is 18.4 Å². The Morgan fingerprint density at radius 2 is 1.68 bits per heavy atom. The Hall–Kier alpha value is -1.31. The summed E-state index contributed by atoms with van der Waals surface area (Å²) in [6.45, 7) is 4.67. The van der Waals surface area contributed by atoms with Crippen molar-refractivity contribution in [3.63, 3.8) is 0 Å². The lowest BCUT2D eigenvalue weighted by Crippen LogP contribution is -2.13. The van der Waals surface area contributed by atoms with Crippen molar-refractivity contribution in [3.05, 3.63) is 35.9 Å². The van der Waals surface area contributed by atoms with Gasteiger partial charge in [0.15, 0.2) is 0 Å². The van der Waals surface area contributed by atoms with Crippen molar-refractivity contribution < 1.29 is 9.53 Å². The third-order valence-electron chi connectivity index (χ3n) is 3.40. The molecule has 0 heterocycles. The number of hydrogen-bond acceptors (Lipinski definition) is 2. The molecule has 0 spiro atoms. The second-order valence-electron chi connectivity index (χ2n) is 5.07. The highest BCUT2D eigenvalue weighted by Crippen LogP contribution is 2.16. The topological polar surface area (TPSA) is 26.3 Å². The van der Waals surface area contributed by atoms with Gasteiger partial charge in [0, 0.05) is 0 Å². The highest BCUT2D eigenvalue weighted by Gasteiger charge is 2.15. The first kappa shape index (κ1) is 15.7. The lowest BCUT2D eigenvalue weighted by molar-refractivity contribution is -0.145. The second kappa shape index (κ2) is 9.60. The number of carbonyl (C=O) groups is 1. The molecular formula is C17H26O2. The zero-order valence-electron chi connectivity index (χ0n) is 12.2. The number of ether oxygens (including phenoxy) is 1. The summed E-state index contributed by atoms with van der Waals surface area (Å²) in [6.07, 6.45) is 7.27. The number of unbranched alkanes of at least 4 members (excludes halogenated alkanes) is 5. The van der Waals surface area contributed by atoms with Crippen LogP contribution >= 0.6 is 0 Å². The Morgan fingerprint density at radius 1 is 1.05 bits per heavy atom. The Balaban J connectivity index is 2.14. The number of benzene rings is 1. The van der Waals surface area contributed by atoms with Crippen molar-refractivity contribution in [1.82, 2.24) is 0 Å². The molecule has 1 aromatic carbocycles. The molecule has 1 aromatic rings. The van der Waals surface area contributed by atoms with Gasteiger partial charge in [-0.25, -0.2) is 0 Å². The molecule has 0 aromatic heterocycles. The second-order valence-corrected chi connectivity index (χ2v) is 5.07. The van der Waals surface area contributed by atoms with E-state index in [0.29, 0.717) is 6.61 Å². The summed E-state index contributed by atoms with van der Waals surface area (Å²) in [5.41, 5.74) is 1.02. The summed E-state index contributed by atoms with van der Waals surface area (Å²) in [5, 5.41) is 0. The molecule has 0 aliphatic heterocycles. The molecular weight excluding hydrogens is 236 g/mol. The number of hydrogen-bond donors (Lipinski definition) is 0. The third kappa shape index (κ3) is 6.42. The van der Waals surface area contributed by atoms with Crippen LogP contribution in [0.1, 0.15) is 63.9 Å². The van der Waals surface area contributed by atoms with Gasteiger partial charge in [-0.05, 0) is 18.9 Å². The molecule has 2 heteroatoms. The van der Waals surface area contributed by atoms with E-state index < -0.39 is 0 Å². The maximum Gasteiger partial charge on any atom is 0.313 e. The summed E-state index contributed by atoms with van der Waals surface area (Å²) in [7, 11) is 0. The van der Waals surface area contributed by atoms with Crippen LogP contribution in [0.5, 0.6) is 0 Å². The SMILES string of the molecule is CCCCCCCCOC(=O)C(C)c1ccccc1. The van der Waals surface area contributed by atoms with E-state index in [4.69, 9.17) is 4.74 Å². The molecule has 1 atom stereocenters. The lowest BCUT2D eigenvalue weighted by atomic mass is 10.0. The molecule has 0 fully saturated rings. The van der Waals surface area contributed by atoms with E-state index in [1.54, 1.807) is 0 Å². The standard InChI is InChI=1S/C17H26O2/c1-3-4-5-6-7-11-14-19-17(18)15(2)16-12-9-8-10-13-16/h8-10,12-13,15H,3-7,11,14H2,1-2H3. The van der Waals surface area contributed by atoms with Crippen molar-refractivity contribution >= 4 is 5.97 Å². The van der Waals surface area contributed by atoms with E-state index in [9.17, 15) is 4.79 Å². The molecule has 2 nitrogen and oxygen atoms in total. The van der Waals surface area contributed by atoms with E-state index in [2.05, 4.69) is 6.92 Å². The summed E-state index contributed by atoms with van der Waals surface area (Å²) >= 11 is 0. The van der Waals surface area contributed by atoms with E-state index in [1.807, 2.05) is 37.3 Å². The Bertz CT molecular complexity index is 346. The highest BCUT2D eigenvalue weighted by atomic mass is 16.5. The molecule has 19 heavy (non-hydrogen) atoms. The fraction of sp³-hybridized carbons (Fsp3) is 0.588. The van der Waals surface area contributed by atoms with E-state index >= 15 is 0 Å². The summed E-state index contributed by atoms with van der Waals surface area (Å²) < 4.78 is 5.33. The predicted octanol–water partition coefficient (Wildman–Crippen LogP) is 4.69. The first-order valence-corrected chi connectivity index (χ1v) is 7.47. The summed E-state index contributed by atoms with van der Waals surface area (Å²) in [5.74, 6) is -0.277. The van der Waals surface area contributed by atoms with Gasteiger partial charge < -0.3 is 4.74 Å². The van der Waals surface area contributed by atoms with Gasteiger partial charge in [0.2, 0.25) is 0 Å². The Morgan fingerprint density at radius 3 is 2.37 bits per heavy atom. The quantitative estimate of drug-likeness (QED) is 0.476. The minimum Gasteiger partial charge on any atom is -0.465 e. The van der Waals surface area contributed by atoms with Gasteiger partial charge >= 0.3 is 5.97 Å². The Labute approximate surface area is 117 Å². The van der Waals surface area contributed by atoms with Crippen molar-refractivity contribution in [2.75, 3.05) is 6.61 Å². The normalized spacial score (nSPS) is 12.1. The predicted molar refractivity (Wildman–Crippen MR) is 79.2 cm³/mol. The maximum absolute atomic E-state index is 11.9. The third-order valence-corrected chi connectivity index (χ3v) is 3.40. The van der Waals surface area contributed by atoms with Crippen LogP contribution in [-0.2, 0) is 9.53 Å². The fourth-order valence-corrected chi connectivity index (χ4v) is 2.06. The molecule has 0 N–H and O–H groups in total. The molecule has 0 aliphatic carbocycles. The number of esters is 1. The summed E-state index contributed by atoms with van der Waals surface area (Å²) in [4.78, 5) is 11.9. The average Bonchev–Trinajstić information content (AvgIpc) is 2.46. The van der Waals surface area contributed by atoms with Crippen LogP contribution in [0.4, 0.5) is 0 Å². The van der Waals surface area contributed by atoms with Gasteiger partial charge in [0.25, 0.3) is 0 Å². The minimum atomic E-state index is -0.165. The lowest BCUT2D eigenvalue weighted by Gasteiger charge is -2.11. The van der Waals surface area contributed by atoms with Gasteiger partial charge in [0.1, 0.15) is 0 Å². The van der Waals surface area contributed by atoms with Gasteiger partial charge in [-0.3, -0.25) is 4.79 Å². The molecule has 0 radical (unpaired) electrons. The first-order chi connectivity index (χ1) is 9.25. The van der Waals surface area contributed by atoms with Crippen molar-refractivity contribution in [3.8, 4) is 0 Å². The van der Waals surface area contributed by atoms with E-state index in [1.165, 1.54) is 25.7 Å². The molecule has 106 valence electrons. The molecule has 0 saturated heterocycles. The van der Waals surface area contributed by atoms with Gasteiger partial charge in [-0.2, -0.15) is 0 Å². The van der Waals surface area contributed by atoms with Gasteiger partial charge in [-0.15, -0.1) is 0 Å². The summed E-state index contributed by atoms with van der Waals surface area (Å²) in [6, 6.07) is 9.80. The van der Waals surface area contributed by atoms with E-state index in [-0.39, 0.29) is 11.9 Å². The zero-order valence-corrected chi connectivity index (χ0v) is 12.2. The van der Waals surface area contributed by atoms with Crippen LogP contribution in [0.25, 0.3) is 0 Å². The van der Waals surface area contributed by atoms with Gasteiger partial charge in [0.05, 0.1) is 12.5 Å². The molecule has 1 rings (SSSR count). The monoisotopic (exact) mass is 262 g/mol. The van der Waals surface area contributed by atoms with Crippen molar-refractivity contribution in [2.24, 2.45) is 0 Å². The molecule has 1 unspecified atom stereocenters. The molecule has 0 amide bonds. The molecule has 0 saturated carbocycles. The average molecular weight is 262 g/mol. The van der Waals surface area contributed by atoms with Crippen LogP contribution in [0.2, 0.25) is 0 Å². The fourth-order valence-electron chi connectivity index (χ4n) is 2.06. The van der Waals surface area contributed by atoms with Crippen molar-refractivity contribution in [1.29, 1.82) is 0 Å². The largest absolute Gasteiger partial charge is 0.465 e. The van der Waals surface area contributed by atoms with Crippen LogP contribution in [-0.4, -0.2) is 12.6 Å². The molecule has 0 aliphatic rings.